The molecule has 3 aromatic rings. The summed E-state index contributed by atoms with van der Waals surface area (Å²) in [4.78, 5) is 5.86. The lowest BCUT2D eigenvalue weighted by Crippen LogP contribution is -2.16. The molecule has 0 radical (unpaired) electrons. The highest BCUT2D eigenvalue weighted by Crippen LogP contribution is 2.40. The molecule has 5 nitrogen and oxygen atoms in total. The molecule has 1 aromatic carbocycles. The molecule has 146 valence electrons. The lowest BCUT2D eigenvalue weighted by molar-refractivity contribution is 0.228. The molecule has 0 saturated carbocycles. The summed E-state index contributed by atoms with van der Waals surface area (Å²) >= 11 is 3.33. The Labute approximate surface area is 174 Å². The van der Waals surface area contributed by atoms with E-state index in [0.29, 0.717) is 16.7 Å². The van der Waals surface area contributed by atoms with Crippen molar-refractivity contribution >= 4 is 28.8 Å². The number of nitrogens with zero attached hydrogens (tertiary/aromatic N) is 3. The molecule has 0 unspecified atom stereocenters. The summed E-state index contributed by atoms with van der Waals surface area (Å²) in [6, 6.07) is 10.2. The fourth-order valence-corrected chi connectivity index (χ4v) is 4.85. The maximum absolute atomic E-state index is 6.32. The zero-order valence-corrected chi connectivity index (χ0v) is 17.8. The van der Waals surface area contributed by atoms with Crippen molar-refractivity contribution in [3.8, 4) is 17.1 Å². The number of hydrogen-bond donors (Lipinski definition) is 1. The molecule has 0 saturated heterocycles. The third-order valence-electron chi connectivity index (χ3n) is 4.70. The molecule has 1 N–H and O–H groups in total. The average Bonchev–Trinajstić information content (AvgIpc) is 3.06. The zero-order chi connectivity index (χ0) is 19.3. The normalized spacial score (nSPS) is 15.1. The minimum atomic E-state index is -0.290. The van der Waals surface area contributed by atoms with E-state index >= 15 is 0 Å². The van der Waals surface area contributed by atoms with Gasteiger partial charge in [-0.25, -0.2) is 0 Å². The SMILES string of the molecule is CCCCCCSc1nnc2c(n1)O[C@H](c1sccc1C)Nc1ccccc1-2. The van der Waals surface area contributed by atoms with Gasteiger partial charge in [0.15, 0.2) is 5.69 Å². The van der Waals surface area contributed by atoms with E-state index in [1.165, 1.54) is 31.2 Å². The van der Waals surface area contributed by atoms with E-state index in [1.807, 2.05) is 24.3 Å². The van der Waals surface area contributed by atoms with Gasteiger partial charge in [-0.05, 0) is 36.4 Å². The predicted octanol–water partition coefficient (Wildman–Crippen LogP) is 6.08. The van der Waals surface area contributed by atoms with E-state index in [-0.39, 0.29) is 6.23 Å². The van der Waals surface area contributed by atoms with Gasteiger partial charge in [0.1, 0.15) is 0 Å². The van der Waals surface area contributed by atoms with Crippen LogP contribution < -0.4 is 10.1 Å². The van der Waals surface area contributed by atoms with Gasteiger partial charge in [0.2, 0.25) is 17.3 Å². The largest absolute Gasteiger partial charge is 0.447 e. The Morgan fingerprint density at radius 2 is 2.04 bits per heavy atom. The summed E-state index contributed by atoms with van der Waals surface area (Å²) in [6.07, 6.45) is 4.64. The molecule has 2 aromatic heterocycles. The third-order valence-corrected chi connectivity index (χ3v) is 6.69. The second-order valence-electron chi connectivity index (χ2n) is 6.81. The van der Waals surface area contributed by atoms with Gasteiger partial charge in [0, 0.05) is 17.0 Å². The topological polar surface area (TPSA) is 59.9 Å². The minimum Gasteiger partial charge on any atom is -0.447 e. The van der Waals surface area contributed by atoms with E-state index in [0.717, 1.165) is 21.9 Å². The smallest absolute Gasteiger partial charge is 0.247 e. The van der Waals surface area contributed by atoms with Gasteiger partial charge in [-0.2, -0.15) is 4.98 Å². The number of aromatic nitrogens is 3. The maximum Gasteiger partial charge on any atom is 0.247 e. The number of thiophene rings is 1. The molecular formula is C21H24N4OS2. The number of aryl methyl sites for hydroxylation is 1. The van der Waals surface area contributed by atoms with Crippen LogP contribution in [0.15, 0.2) is 40.9 Å². The highest BCUT2D eigenvalue weighted by atomic mass is 32.2. The Hall–Kier alpha value is -2.12. The molecule has 7 heteroatoms. The minimum absolute atomic E-state index is 0.290. The number of para-hydroxylation sites is 1. The van der Waals surface area contributed by atoms with Crippen LogP contribution in [0.5, 0.6) is 5.88 Å². The van der Waals surface area contributed by atoms with Crippen molar-refractivity contribution in [2.45, 2.75) is 50.9 Å². The standard InChI is InChI=1S/C21H24N4OS2/c1-3-4-5-8-12-28-21-23-19-17(24-25-21)15-9-6-7-10-16(15)22-20(26-19)18-14(2)11-13-27-18/h6-7,9-11,13,20,22H,3-5,8,12H2,1-2H3/t20-/m1/s1. The number of unbranched alkanes of at least 4 members (excludes halogenated alkanes) is 3. The van der Waals surface area contributed by atoms with E-state index < -0.39 is 0 Å². The number of fused-ring (bicyclic) bond motifs is 3. The van der Waals surface area contributed by atoms with Crippen LogP contribution in [0.25, 0.3) is 11.3 Å². The number of thioether (sulfide) groups is 1. The van der Waals surface area contributed by atoms with Crippen LogP contribution in [0, 0.1) is 6.92 Å². The molecular weight excluding hydrogens is 388 g/mol. The van der Waals surface area contributed by atoms with E-state index in [9.17, 15) is 0 Å². The highest BCUT2D eigenvalue weighted by molar-refractivity contribution is 7.99. The summed E-state index contributed by atoms with van der Waals surface area (Å²) in [6.45, 7) is 4.33. The van der Waals surface area contributed by atoms with Crippen LogP contribution in [0.1, 0.15) is 49.3 Å². The predicted molar refractivity (Wildman–Crippen MR) is 116 cm³/mol. The molecule has 1 aliphatic rings. The van der Waals surface area contributed by atoms with Crippen molar-refractivity contribution < 1.29 is 4.74 Å². The first-order valence-electron chi connectivity index (χ1n) is 9.70. The lowest BCUT2D eigenvalue weighted by atomic mass is 10.1. The van der Waals surface area contributed by atoms with Crippen molar-refractivity contribution in [1.29, 1.82) is 0 Å². The Morgan fingerprint density at radius 3 is 2.86 bits per heavy atom. The fourth-order valence-electron chi connectivity index (χ4n) is 3.17. The molecule has 28 heavy (non-hydrogen) atoms. The van der Waals surface area contributed by atoms with Crippen LogP contribution in [-0.4, -0.2) is 20.9 Å². The first kappa shape index (κ1) is 19.2. The number of nitrogens with one attached hydrogen (secondary N) is 1. The first-order chi connectivity index (χ1) is 13.8. The number of rotatable bonds is 7. The van der Waals surface area contributed by atoms with Crippen molar-refractivity contribution in [1.82, 2.24) is 15.2 Å². The zero-order valence-electron chi connectivity index (χ0n) is 16.1. The van der Waals surface area contributed by atoms with E-state index in [1.54, 1.807) is 23.1 Å². The summed E-state index contributed by atoms with van der Waals surface area (Å²) in [5.41, 5.74) is 3.84. The molecule has 0 bridgehead atoms. The quantitative estimate of drug-likeness (QED) is 0.375. The lowest BCUT2D eigenvalue weighted by Gasteiger charge is -2.18. The van der Waals surface area contributed by atoms with Crippen molar-refractivity contribution in [2.24, 2.45) is 0 Å². The molecule has 4 rings (SSSR count). The Morgan fingerprint density at radius 1 is 1.14 bits per heavy atom. The Kier molecular flexibility index (Phi) is 6.12. The highest BCUT2D eigenvalue weighted by Gasteiger charge is 2.27. The summed E-state index contributed by atoms with van der Waals surface area (Å²) in [5.74, 6) is 1.55. The first-order valence-corrected chi connectivity index (χ1v) is 11.6. The summed E-state index contributed by atoms with van der Waals surface area (Å²) in [5, 5.41) is 15.1. The van der Waals surface area contributed by atoms with Crippen molar-refractivity contribution in [3.63, 3.8) is 0 Å². The molecule has 3 heterocycles. The number of anilines is 1. The Bertz CT molecular complexity index is 944. The maximum atomic E-state index is 6.32. The van der Waals surface area contributed by atoms with Crippen LogP contribution in [0.4, 0.5) is 5.69 Å². The number of benzene rings is 1. The fraction of sp³-hybridized carbons (Fsp3) is 0.381. The number of ether oxygens (including phenoxy) is 1. The van der Waals surface area contributed by atoms with Crippen LogP contribution in [0.3, 0.4) is 0 Å². The molecule has 0 amide bonds. The van der Waals surface area contributed by atoms with Gasteiger partial charge in [0.25, 0.3) is 0 Å². The monoisotopic (exact) mass is 412 g/mol. The van der Waals surface area contributed by atoms with Gasteiger partial charge >= 0.3 is 0 Å². The van der Waals surface area contributed by atoms with E-state index in [2.05, 4.69) is 40.8 Å². The Balaban J connectivity index is 1.63. The van der Waals surface area contributed by atoms with Crippen molar-refractivity contribution in [2.75, 3.05) is 11.1 Å². The average molecular weight is 413 g/mol. The summed E-state index contributed by atoms with van der Waals surface area (Å²) < 4.78 is 6.32. The molecule has 1 aliphatic heterocycles. The second kappa shape index (κ2) is 8.92. The van der Waals surface area contributed by atoms with Crippen LogP contribution >= 0.6 is 23.1 Å². The molecule has 0 aliphatic carbocycles. The second-order valence-corrected chi connectivity index (χ2v) is 8.82. The summed E-state index contributed by atoms with van der Waals surface area (Å²) in [7, 11) is 0. The van der Waals surface area contributed by atoms with Gasteiger partial charge in [-0.1, -0.05) is 56.1 Å². The molecule has 0 fully saturated rings. The van der Waals surface area contributed by atoms with Gasteiger partial charge in [-0.15, -0.1) is 21.5 Å². The van der Waals surface area contributed by atoms with Crippen LogP contribution in [-0.2, 0) is 0 Å². The molecule has 0 spiro atoms. The van der Waals surface area contributed by atoms with Gasteiger partial charge < -0.3 is 10.1 Å². The van der Waals surface area contributed by atoms with Gasteiger partial charge in [-0.3, -0.25) is 0 Å². The van der Waals surface area contributed by atoms with Gasteiger partial charge in [0.05, 0.1) is 4.88 Å². The number of hydrogen-bond acceptors (Lipinski definition) is 7. The third kappa shape index (κ3) is 4.15. The molecule has 1 atom stereocenters. The van der Waals surface area contributed by atoms with Crippen LogP contribution in [0.2, 0.25) is 0 Å². The van der Waals surface area contributed by atoms with Crippen molar-refractivity contribution in [3.05, 3.63) is 46.2 Å². The van der Waals surface area contributed by atoms with E-state index in [4.69, 9.17) is 9.72 Å².